The molecule has 0 aromatic heterocycles. The highest BCUT2D eigenvalue weighted by Gasteiger charge is 2.00. The van der Waals surface area contributed by atoms with Gasteiger partial charge in [-0.25, -0.2) is 0 Å². The van der Waals surface area contributed by atoms with Crippen molar-refractivity contribution >= 4 is 18.2 Å². The first-order chi connectivity index (χ1) is 13.1. The molecule has 10 heteroatoms. The molecule has 0 aromatic rings. The summed E-state index contributed by atoms with van der Waals surface area (Å²) in [6.45, 7) is 16.9. The molecule has 27 heavy (non-hydrogen) atoms. The number of ether oxygens (including phenoxy) is 2. The summed E-state index contributed by atoms with van der Waals surface area (Å²) >= 11 is 0. The van der Waals surface area contributed by atoms with E-state index < -0.39 is 11.8 Å². The molecule has 3 amide bonds. The Morgan fingerprint density at radius 3 is 1.74 bits per heavy atom. The molecule has 0 atom stereocenters. The monoisotopic (exact) mass is 397 g/mol. The molecular formula is C17H43N5O5. The molecule has 0 aliphatic carbocycles. The smallest absolute Gasteiger partial charge is 0.257 e. The Kier molecular flexibility index (Phi) is 59.1. The number of hydrogen-bond acceptors (Lipinski definition) is 7. The Labute approximate surface area is 165 Å². The summed E-state index contributed by atoms with van der Waals surface area (Å²) < 4.78 is 10.0. The average Bonchev–Trinajstić information content (AvgIpc) is 2.75. The third kappa shape index (κ3) is 51.6. The van der Waals surface area contributed by atoms with Crippen molar-refractivity contribution in [3.05, 3.63) is 0 Å². The fourth-order valence-corrected chi connectivity index (χ4v) is 0.817. The van der Waals surface area contributed by atoms with Crippen LogP contribution in [-0.4, -0.2) is 64.3 Å². The van der Waals surface area contributed by atoms with E-state index in [1.165, 1.54) is 0 Å². The molecule has 0 unspecified atom stereocenters. The van der Waals surface area contributed by atoms with Crippen molar-refractivity contribution in [2.24, 2.45) is 11.5 Å². The van der Waals surface area contributed by atoms with E-state index in [2.05, 4.69) is 5.32 Å². The van der Waals surface area contributed by atoms with Crippen LogP contribution in [0.4, 0.5) is 0 Å². The number of nitrogens with one attached hydrogen (secondary N) is 3. The first-order valence-corrected chi connectivity index (χ1v) is 9.42. The standard InChI is InChI=1S/C6H15NO2.C5H10N4O3.3C2H6/c1-2-8-5-6-9-4-3-7;6-1-4(11)8-9-5(12)2-7-3-10;3*1-2/h2-7H2,1H3;3H,1-2,6H2,(H,7,10)(H,8,11)(H,9,12);3*1-2H3. The van der Waals surface area contributed by atoms with Crippen LogP contribution in [0.5, 0.6) is 0 Å². The molecular weight excluding hydrogens is 354 g/mol. The molecule has 0 aliphatic heterocycles. The van der Waals surface area contributed by atoms with Crippen LogP contribution in [0.25, 0.3) is 0 Å². The number of nitrogens with two attached hydrogens (primary N) is 2. The van der Waals surface area contributed by atoms with Gasteiger partial charge in [0, 0.05) is 13.2 Å². The summed E-state index contributed by atoms with van der Waals surface area (Å²) in [5.74, 6) is -1.03. The van der Waals surface area contributed by atoms with Crippen molar-refractivity contribution in [3.8, 4) is 0 Å². The molecule has 10 nitrogen and oxygen atoms in total. The van der Waals surface area contributed by atoms with Gasteiger partial charge >= 0.3 is 0 Å². The summed E-state index contributed by atoms with van der Waals surface area (Å²) in [5, 5.41) is 2.11. The normalized spacial score (nSPS) is 7.74. The molecule has 0 heterocycles. The molecule has 0 spiro atoms. The van der Waals surface area contributed by atoms with Gasteiger partial charge in [0.1, 0.15) is 0 Å². The largest absolute Gasteiger partial charge is 0.379 e. The van der Waals surface area contributed by atoms with E-state index in [1.54, 1.807) is 0 Å². The first-order valence-electron chi connectivity index (χ1n) is 9.42. The van der Waals surface area contributed by atoms with Crippen molar-refractivity contribution in [2.75, 3.05) is 46.1 Å². The average molecular weight is 398 g/mol. The molecule has 7 N–H and O–H groups in total. The zero-order valence-electron chi connectivity index (χ0n) is 18.2. The van der Waals surface area contributed by atoms with E-state index in [-0.39, 0.29) is 13.1 Å². The predicted octanol–water partition coefficient (Wildman–Crippen LogP) is -0.0847. The van der Waals surface area contributed by atoms with Crippen LogP contribution in [-0.2, 0) is 23.9 Å². The Morgan fingerprint density at radius 2 is 1.33 bits per heavy atom. The molecule has 0 saturated heterocycles. The second-order valence-electron chi connectivity index (χ2n) is 3.40. The third-order valence-corrected chi connectivity index (χ3v) is 1.71. The topological polar surface area (TPSA) is 158 Å². The van der Waals surface area contributed by atoms with Crippen molar-refractivity contribution in [3.63, 3.8) is 0 Å². The highest BCUT2D eigenvalue weighted by Crippen LogP contribution is 1.75. The minimum atomic E-state index is -0.524. The highest BCUT2D eigenvalue weighted by molar-refractivity contribution is 5.84. The van der Waals surface area contributed by atoms with Crippen molar-refractivity contribution in [1.29, 1.82) is 0 Å². The second-order valence-corrected chi connectivity index (χ2v) is 3.40. The van der Waals surface area contributed by atoms with Gasteiger partial charge in [-0.1, -0.05) is 41.5 Å². The quantitative estimate of drug-likeness (QED) is 0.196. The zero-order valence-corrected chi connectivity index (χ0v) is 18.2. The van der Waals surface area contributed by atoms with Gasteiger partial charge in [0.2, 0.25) is 6.41 Å². The summed E-state index contributed by atoms with van der Waals surface area (Å²) in [4.78, 5) is 30.8. The van der Waals surface area contributed by atoms with Crippen molar-refractivity contribution in [2.45, 2.75) is 48.5 Å². The molecule has 0 bridgehead atoms. The summed E-state index contributed by atoms with van der Waals surface area (Å²) in [5.41, 5.74) is 14.2. The van der Waals surface area contributed by atoms with E-state index in [4.69, 9.17) is 20.9 Å². The number of hydrogen-bond donors (Lipinski definition) is 5. The predicted molar refractivity (Wildman–Crippen MR) is 110 cm³/mol. The van der Waals surface area contributed by atoms with Gasteiger partial charge in [0.25, 0.3) is 11.8 Å². The van der Waals surface area contributed by atoms with Gasteiger partial charge in [-0.15, -0.1) is 0 Å². The number of amides is 3. The van der Waals surface area contributed by atoms with Crippen molar-refractivity contribution < 1.29 is 23.9 Å². The molecule has 0 fully saturated rings. The van der Waals surface area contributed by atoms with Crippen LogP contribution in [0.15, 0.2) is 0 Å². The SMILES string of the molecule is CC.CC.CC.CCOCCOCCN.NCC(=O)NNC(=O)CNC=O. The number of hydrazine groups is 1. The molecule has 0 aromatic carbocycles. The van der Waals surface area contributed by atoms with Gasteiger partial charge < -0.3 is 26.3 Å². The van der Waals surface area contributed by atoms with Gasteiger partial charge in [0.15, 0.2) is 0 Å². The minimum absolute atomic E-state index is 0.186. The Balaban J connectivity index is -0.0000000952. The van der Waals surface area contributed by atoms with Crippen LogP contribution >= 0.6 is 0 Å². The summed E-state index contributed by atoms with van der Waals surface area (Å²) in [6, 6.07) is 0. The van der Waals surface area contributed by atoms with Gasteiger partial charge in [0.05, 0.1) is 32.9 Å². The lowest BCUT2D eigenvalue weighted by atomic mass is 10.6. The molecule has 0 saturated carbocycles. The van der Waals surface area contributed by atoms with Gasteiger partial charge in [-0.3, -0.25) is 25.2 Å². The lowest BCUT2D eigenvalue weighted by Crippen LogP contribution is -2.47. The lowest BCUT2D eigenvalue weighted by molar-refractivity contribution is -0.128. The second kappa shape index (κ2) is 44.1. The fraction of sp³-hybridized carbons (Fsp3) is 0.824. The number of carbonyl (C=O) groups excluding carboxylic acids is 3. The van der Waals surface area contributed by atoms with Crippen LogP contribution < -0.4 is 27.6 Å². The summed E-state index contributed by atoms with van der Waals surface area (Å²) in [6.07, 6.45) is 0.379. The van der Waals surface area contributed by atoms with Crippen LogP contribution in [0.3, 0.4) is 0 Å². The van der Waals surface area contributed by atoms with Crippen LogP contribution in [0, 0.1) is 0 Å². The van der Waals surface area contributed by atoms with E-state index in [0.29, 0.717) is 32.8 Å². The van der Waals surface area contributed by atoms with E-state index in [1.807, 2.05) is 59.3 Å². The van der Waals surface area contributed by atoms with Gasteiger partial charge in [-0.2, -0.15) is 0 Å². The van der Waals surface area contributed by atoms with Crippen LogP contribution in [0.1, 0.15) is 48.5 Å². The van der Waals surface area contributed by atoms with E-state index >= 15 is 0 Å². The molecule has 0 radical (unpaired) electrons. The zero-order chi connectivity index (χ0) is 22.3. The van der Waals surface area contributed by atoms with Gasteiger partial charge in [-0.05, 0) is 6.92 Å². The maximum Gasteiger partial charge on any atom is 0.257 e. The van der Waals surface area contributed by atoms with Crippen LogP contribution in [0.2, 0.25) is 0 Å². The Morgan fingerprint density at radius 1 is 0.852 bits per heavy atom. The third-order valence-electron chi connectivity index (χ3n) is 1.71. The highest BCUT2D eigenvalue weighted by atomic mass is 16.5. The molecule has 0 rings (SSSR count). The lowest BCUT2D eigenvalue weighted by Gasteiger charge is -2.04. The fourth-order valence-electron chi connectivity index (χ4n) is 0.817. The first kappa shape index (κ1) is 36.2. The van der Waals surface area contributed by atoms with E-state index in [9.17, 15) is 14.4 Å². The Hall–Kier alpha value is -1.75. The maximum absolute atomic E-state index is 10.6. The van der Waals surface area contributed by atoms with E-state index in [0.717, 1.165) is 6.61 Å². The maximum atomic E-state index is 10.6. The number of carbonyl (C=O) groups is 3. The molecule has 166 valence electrons. The molecule has 0 aliphatic rings. The minimum Gasteiger partial charge on any atom is -0.379 e. The number of rotatable bonds is 10. The Bertz CT molecular complexity index is 276. The summed E-state index contributed by atoms with van der Waals surface area (Å²) in [7, 11) is 0. The van der Waals surface area contributed by atoms with Crippen molar-refractivity contribution in [1.82, 2.24) is 16.2 Å².